The maximum atomic E-state index is 13.5. The van der Waals surface area contributed by atoms with E-state index in [1.807, 2.05) is 0 Å². The van der Waals surface area contributed by atoms with Crippen LogP contribution in [0, 0.1) is 26.8 Å². The third-order valence-corrected chi connectivity index (χ3v) is 4.74. The number of nitrogens with zero attached hydrogens (tertiary/aromatic N) is 1. The maximum absolute atomic E-state index is 13.5. The average molecular weight is 266 g/mol. The minimum absolute atomic E-state index is 0.215. The standard InChI is InChI=1S/C14H19FN2O2/c1-13(2)12(14(13,3)4)16-8-9-5-6-11(17(18)19)10(15)7-9/h5-7,12,16H,8H2,1-4H3. The van der Waals surface area contributed by atoms with Crippen LogP contribution in [0.4, 0.5) is 10.1 Å². The van der Waals surface area contributed by atoms with Gasteiger partial charge in [-0.2, -0.15) is 4.39 Å². The third kappa shape index (κ3) is 2.23. The number of benzene rings is 1. The highest BCUT2D eigenvalue weighted by Crippen LogP contribution is 2.62. The molecule has 1 aliphatic carbocycles. The van der Waals surface area contributed by atoms with Gasteiger partial charge in [0.2, 0.25) is 5.82 Å². The smallest absolute Gasteiger partial charge is 0.304 e. The Morgan fingerprint density at radius 3 is 2.32 bits per heavy atom. The van der Waals surface area contributed by atoms with Crippen molar-refractivity contribution >= 4 is 5.69 Å². The highest BCUT2D eigenvalue weighted by molar-refractivity contribution is 5.35. The zero-order chi connectivity index (χ0) is 14.4. The van der Waals surface area contributed by atoms with Crippen LogP contribution in [-0.2, 0) is 6.54 Å². The Morgan fingerprint density at radius 1 is 1.32 bits per heavy atom. The normalized spacial score (nSPS) is 20.3. The zero-order valence-corrected chi connectivity index (χ0v) is 11.7. The molecule has 1 aromatic carbocycles. The Balaban J connectivity index is 2.02. The lowest BCUT2D eigenvalue weighted by Gasteiger charge is -2.06. The molecular formula is C14H19FN2O2. The van der Waals surface area contributed by atoms with Gasteiger partial charge >= 0.3 is 5.69 Å². The van der Waals surface area contributed by atoms with Crippen LogP contribution in [0.3, 0.4) is 0 Å². The second kappa shape index (κ2) is 4.27. The van der Waals surface area contributed by atoms with Gasteiger partial charge in [-0.1, -0.05) is 33.8 Å². The van der Waals surface area contributed by atoms with Crippen LogP contribution in [0.15, 0.2) is 18.2 Å². The number of hydrogen-bond donors (Lipinski definition) is 1. The zero-order valence-electron chi connectivity index (χ0n) is 11.7. The van der Waals surface area contributed by atoms with E-state index in [4.69, 9.17) is 0 Å². The summed E-state index contributed by atoms with van der Waals surface area (Å²) >= 11 is 0. The van der Waals surface area contributed by atoms with Gasteiger partial charge in [0.1, 0.15) is 0 Å². The molecule has 1 N–H and O–H groups in total. The number of nitro groups is 1. The van der Waals surface area contributed by atoms with Crippen molar-refractivity contribution in [3.8, 4) is 0 Å². The van der Waals surface area contributed by atoms with Gasteiger partial charge in [-0.05, 0) is 22.5 Å². The van der Waals surface area contributed by atoms with Crippen LogP contribution in [-0.4, -0.2) is 11.0 Å². The Labute approximate surface area is 112 Å². The lowest BCUT2D eigenvalue weighted by molar-refractivity contribution is -0.387. The lowest BCUT2D eigenvalue weighted by Crippen LogP contribution is -2.21. The first kappa shape index (κ1) is 13.9. The molecule has 1 aliphatic rings. The molecule has 2 rings (SSSR count). The van der Waals surface area contributed by atoms with Crippen LogP contribution in [0.2, 0.25) is 0 Å². The van der Waals surface area contributed by atoms with Crippen molar-refractivity contribution in [3.63, 3.8) is 0 Å². The molecule has 4 nitrogen and oxygen atoms in total. The quantitative estimate of drug-likeness (QED) is 0.672. The summed E-state index contributed by atoms with van der Waals surface area (Å²) in [6, 6.07) is 4.41. The summed E-state index contributed by atoms with van der Waals surface area (Å²) in [5.41, 5.74) is 0.677. The summed E-state index contributed by atoms with van der Waals surface area (Å²) in [6.45, 7) is 9.30. The highest BCUT2D eigenvalue weighted by atomic mass is 19.1. The summed E-state index contributed by atoms with van der Waals surface area (Å²) in [6.07, 6.45) is 0. The number of rotatable bonds is 4. The van der Waals surface area contributed by atoms with Crippen LogP contribution >= 0.6 is 0 Å². The summed E-state index contributed by atoms with van der Waals surface area (Å²) in [7, 11) is 0. The second-order valence-electron chi connectivity index (χ2n) is 6.30. The Kier molecular flexibility index (Phi) is 3.13. The molecule has 19 heavy (non-hydrogen) atoms. The van der Waals surface area contributed by atoms with E-state index in [0.29, 0.717) is 12.6 Å². The molecule has 0 amide bonds. The number of nitro benzene ring substituents is 1. The van der Waals surface area contributed by atoms with Crippen LogP contribution in [0.5, 0.6) is 0 Å². The predicted octanol–water partition coefficient (Wildman–Crippen LogP) is 3.26. The van der Waals surface area contributed by atoms with Crippen molar-refractivity contribution in [1.82, 2.24) is 5.32 Å². The molecule has 104 valence electrons. The molecule has 0 aromatic heterocycles. The average Bonchev–Trinajstić information content (AvgIpc) is 2.66. The maximum Gasteiger partial charge on any atom is 0.304 e. The summed E-state index contributed by atoms with van der Waals surface area (Å²) in [5, 5.41) is 13.9. The predicted molar refractivity (Wildman–Crippen MR) is 71.2 cm³/mol. The molecule has 0 unspecified atom stereocenters. The van der Waals surface area contributed by atoms with Crippen LogP contribution in [0.1, 0.15) is 33.3 Å². The van der Waals surface area contributed by atoms with Crippen molar-refractivity contribution < 1.29 is 9.31 Å². The SMILES string of the molecule is CC1(C)C(NCc2ccc([N+](=O)[O-])c(F)c2)C1(C)C. The molecule has 0 atom stereocenters. The van der Waals surface area contributed by atoms with Crippen molar-refractivity contribution in [2.75, 3.05) is 0 Å². The largest absolute Gasteiger partial charge is 0.309 e. The molecule has 1 aromatic rings. The first-order valence-electron chi connectivity index (χ1n) is 6.34. The van der Waals surface area contributed by atoms with Gasteiger partial charge in [0.15, 0.2) is 0 Å². The first-order valence-corrected chi connectivity index (χ1v) is 6.34. The van der Waals surface area contributed by atoms with E-state index in [-0.39, 0.29) is 10.8 Å². The number of hydrogen-bond acceptors (Lipinski definition) is 3. The van der Waals surface area contributed by atoms with Crippen LogP contribution < -0.4 is 5.32 Å². The lowest BCUT2D eigenvalue weighted by atomic mass is 10.0. The minimum Gasteiger partial charge on any atom is -0.309 e. The summed E-state index contributed by atoms with van der Waals surface area (Å²) < 4.78 is 13.5. The molecule has 1 saturated carbocycles. The molecule has 0 aliphatic heterocycles. The van der Waals surface area contributed by atoms with E-state index in [1.165, 1.54) is 12.1 Å². The van der Waals surface area contributed by atoms with Crippen molar-refractivity contribution in [2.45, 2.75) is 40.3 Å². The molecule has 0 spiro atoms. The Morgan fingerprint density at radius 2 is 1.89 bits per heavy atom. The Hall–Kier alpha value is -1.49. The molecule has 0 saturated heterocycles. The first-order chi connectivity index (χ1) is 8.68. The van der Waals surface area contributed by atoms with E-state index in [9.17, 15) is 14.5 Å². The minimum atomic E-state index is -0.779. The van der Waals surface area contributed by atoms with Crippen LogP contribution in [0.25, 0.3) is 0 Å². The number of halogens is 1. The van der Waals surface area contributed by atoms with Crippen molar-refractivity contribution in [3.05, 3.63) is 39.7 Å². The monoisotopic (exact) mass is 266 g/mol. The highest BCUT2D eigenvalue weighted by Gasteiger charge is 2.64. The summed E-state index contributed by atoms with van der Waals surface area (Å²) in [5.74, 6) is -0.779. The third-order valence-electron chi connectivity index (χ3n) is 4.74. The van der Waals surface area contributed by atoms with Gasteiger partial charge in [-0.25, -0.2) is 0 Å². The van der Waals surface area contributed by atoms with E-state index in [2.05, 4.69) is 33.0 Å². The topological polar surface area (TPSA) is 55.2 Å². The van der Waals surface area contributed by atoms with Gasteiger partial charge in [-0.15, -0.1) is 0 Å². The molecule has 0 heterocycles. The molecule has 0 radical (unpaired) electrons. The van der Waals surface area contributed by atoms with Gasteiger partial charge < -0.3 is 5.32 Å². The summed E-state index contributed by atoms with van der Waals surface area (Å²) in [4.78, 5) is 9.82. The van der Waals surface area contributed by atoms with Crippen molar-refractivity contribution in [2.24, 2.45) is 10.8 Å². The molecule has 0 bridgehead atoms. The molecule has 5 heteroatoms. The van der Waals surface area contributed by atoms with E-state index in [1.54, 1.807) is 6.07 Å². The number of nitrogens with one attached hydrogen (secondary N) is 1. The fraction of sp³-hybridized carbons (Fsp3) is 0.571. The van der Waals surface area contributed by atoms with Gasteiger partial charge in [0.05, 0.1) is 4.92 Å². The second-order valence-corrected chi connectivity index (χ2v) is 6.30. The van der Waals surface area contributed by atoms with E-state index in [0.717, 1.165) is 5.56 Å². The van der Waals surface area contributed by atoms with Crippen molar-refractivity contribution in [1.29, 1.82) is 0 Å². The van der Waals surface area contributed by atoms with Gasteiger partial charge in [0, 0.05) is 18.7 Å². The van der Waals surface area contributed by atoms with Gasteiger partial charge in [-0.3, -0.25) is 10.1 Å². The van der Waals surface area contributed by atoms with E-state index >= 15 is 0 Å². The fourth-order valence-electron chi connectivity index (χ4n) is 2.74. The Bertz CT molecular complexity index is 512. The van der Waals surface area contributed by atoms with Gasteiger partial charge in [0.25, 0.3) is 0 Å². The van der Waals surface area contributed by atoms with E-state index < -0.39 is 16.4 Å². The molecule has 1 fully saturated rings. The fourth-order valence-corrected chi connectivity index (χ4v) is 2.74. The molecular weight excluding hydrogens is 247 g/mol.